The summed E-state index contributed by atoms with van der Waals surface area (Å²) >= 11 is 5.54. The Hall–Kier alpha value is -0.740. The number of rotatable bonds is 2. The third-order valence-corrected chi connectivity index (χ3v) is 1.98. The zero-order chi connectivity index (χ0) is 10.0. The van der Waals surface area contributed by atoms with Crippen molar-refractivity contribution in [3.63, 3.8) is 0 Å². The van der Waals surface area contributed by atoms with Crippen molar-refractivity contribution in [1.29, 1.82) is 0 Å². The molecule has 72 valence electrons. The Labute approximate surface area is 79.2 Å². The summed E-state index contributed by atoms with van der Waals surface area (Å²) in [7, 11) is 0. The molecule has 1 rings (SSSR count). The van der Waals surface area contributed by atoms with E-state index in [4.69, 9.17) is 16.7 Å². The standard InChI is InChI=1S/C8H8ClF2NO/c1-4-2-5(3-13)7(9)12-6(4)8(10)11/h2,8,13H,3H2,1H3. The smallest absolute Gasteiger partial charge is 0.280 e. The molecule has 0 fully saturated rings. The van der Waals surface area contributed by atoms with Crippen molar-refractivity contribution in [2.45, 2.75) is 20.0 Å². The van der Waals surface area contributed by atoms with E-state index in [9.17, 15) is 8.78 Å². The van der Waals surface area contributed by atoms with E-state index in [0.29, 0.717) is 11.1 Å². The van der Waals surface area contributed by atoms with Crippen molar-refractivity contribution >= 4 is 11.6 Å². The van der Waals surface area contributed by atoms with Crippen LogP contribution in [0.3, 0.4) is 0 Å². The summed E-state index contributed by atoms with van der Waals surface area (Å²) in [5, 5.41) is 8.69. The molecule has 1 N–H and O–H groups in total. The average molecular weight is 208 g/mol. The molecule has 0 radical (unpaired) electrons. The molecule has 0 saturated carbocycles. The first kappa shape index (κ1) is 10.3. The Bertz CT molecular complexity index is 317. The molecule has 0 aliphatic carbocycles. The van der Waals surface area contributed by atoms with Gasteiger partial charge >= 0.3 is 0 Å². The molecule has 0 amide bonds. The van der Waals surface area contributed by atoms with E-state index in [1.54, 1.807) is 0 Å². The predicted octanol–water partition coefficient (Wildman–Crippen LogP) is 2.47. The molecule has 13 heavy (non-hydrogen) atoms. The molecule has 0 bridgehead atoms. The van der Waals surface area contributed by atoms with Gasteiger partial charge in [-0.25, -0.2) is 13.8 Å². The number of aliphatic hydroxyl groups excluding tert-OH is 1. The van der Waals surface area contributed by atoms with Crippen molar-refractivity contribution in [2.75, 3.05) is 0 Å². The summed E-state index contributed by atoms with van der Waals surface area (Å²) in [5.41, 5.74) is 0.370. The number of aryl methyl sites for hydroxylation is 1. The van der Waals surface area contributed by atoms with E-state index < -0.39 is 6.43 Å². The van der Waals surface area contributed by atoms with Crippen LogP contribution in [0, 0.1) is 6.92 Å². The maximum atomic E-state index is 12.3. The third kappa shape index (κ3) is 2.14. The number of hydrogen-bond donors (Lipinski definition) is 1. The zero-order valence-electron chi connectivity index (χ0n) is 6.89. The maximum absolute atomic E-state index is 12.3. The van der Waals surface area contributed by atoms with Crippen LogP contribution in [0.5, 0.6) is 0 Å². The van der Waals surface area contributed by atoms with Crippen LogP contribution in [0.1, 0.15) is 23.2 Å². The van der Waals surface area contributed by atoms with Gasteiger partial charge in [-0.15, -0.1) is 0 Å². The highest BCUT2D eigenvalue weighted by Crippen LogP contribution is 2.24. The maximum Gasteiger partial charge on any atom is 0.280 e. The molecule has 5 heteroatoms. The highest BCUT2D eigenvalue weighted by molar-refractivity contribution is 6.30. The molecule has 2 nitrogen and oxygen atoms in total. The first-order chi connectivity index (χ1) is 6.06. The van der Waals surface area contributed by atoms with Gasteiger partial charge in [0.15, 0.2) is 0 Å². The lowest BCUT2D eigenvalue weighted by Gasteiger charge is -2.06. The fraction of sp³-hybridized carbons (Fsp3) is 0.375. The van der Waals surface area contributed by atoms with Crippen LogP contribution in [-0.2, 0) is 6.61 Å². The van der Waals surface area contributed by atoms with Crippen LogP contribution in [0.2, 0.25) is 5.15 Å². The second-order valence-electron chi connectivity index (χ2n) is 2.60. The first-order valence-corrected chi connectivity index (χ1v) is 3.99. The van der Waals surface area contributed by atoms with Crippen molar-refractivity contribution in [2.24, 2.45) is 0 Å². The molecule has 0 unspecified atom stereocenters. The third-order valence-electron chi connectivity index (χ3n) is 1.66. The Morgan fingerprint density at radius 3 is 2.69 bits per heavy atom. The number of aromatic nitrogens is 1. The Morgan fingerprint density at radius 1 is 1.62 bits per heavy atom. The second kappa shape index (κ2) is 3.98. The Morgan fingerprint density at radius 2 is 2.23 bits per heavy atom. The van der Waals surface area contributed by atoms with E-state index >= 15 is 0 Å². The van der Waals surface area contributed by atoms with E-state index in [1.165, 1.54) is 13.0 Å². The minimum absolute atomic E-state index is 0.0663. The molecule has 0 aromatic carbocycles. The van der Waals surface area contributed by atoms with Gasteiger partial charge in [0.05, 0.1) is 6.61 Å². The summed E-state index contributed by atoms with van der Waals surface area (Å²) in [4.78, 5) is 3.50. The summed E-state index contributed by atoms with van der Waals surface area (Å²) in [6.07, 6.45) is -2.63. The topological polar surface area (TPSA) is 33.1 Å². The number of nitrogens with zero attached hydrogens (tertiary/aromatic N) is 1. The van der Waals surface area contributed by atoms with E-state index in [2.05, 4.69) is 4.98 Å². The molecular formula is C8H8ClF2NO. The van der Waals surface area contributed by atoms with Gasteiger partial charge < -0.3 is 5.11 Å². The van der Waals surface area contributed by atoms with Gasteiger partial charge in [-0.3, -0.25) is 0 Å². The lowest BCUT2D eigenvalue weighted by atomic mass is 10.1. The SMILES string of the molecule is Cc1cc(CO)c(Cl)nc1C(F)F. The van der Waals surface area contributed by atoms with Gasteiger partial charge in [0.1, 0.15) is 10.8 Å². The number of pyridine rings is 1. The Balaban J connectivity index is 3.20. The van der Waals surface area contributed by atoms with E-state index in [0.717, 1.165) is 0 Å². The van der Waals surface area contributed by atoms with Crippen LogP contribution >= 0.6 is 11.6 Å². The highest BCUT2D eigenvalue weighted by atomic mass is 35.5. The van der Waals surface area contributed by atoms with Gasteiger partial charge in [0.25, 0.3) is 6.43 Å². The molecular weight excluding hydrogens is 200 g/mol. The first-order valence-electron chi connectivity index (χ1n) is 3.61. The quantitative estimate of drug-likeness (QED) is 0.756. The number of halogens is 3. The predicted molar refractivity (Wildman–Crippen MR) is 44.9 cm³/mol. The van der Waals surface area contributed by atoms with Crippen LogP contribution in [0.15, 0.2) is 6.07 Å². The van der Waals surface area contributed by atoms with Crippen LogP contribution in [0.25, 0.3) is 0 Å². The molecule has 0 saturated heterocycles. The van der Waals surface area contributed by atoms with Gasteiger partial charge in [-0.05, 0) is 18.6 Å². The fourth-order valence-electron chi connectivity index (χ4n) is 0.992. The van der Waals surface area contributed by atoms with Crippen molar-refractivity contribution in [1.82, 2.24) is 4.98 Å². The van der Waals surface area contributed by atoms with Crippen molar-refractivity contribution < 1.29 is 13.9 Å². The van der Waals surface area contributed by atoms with Gasteiger partial charge in [-0.2, -0.15) is 0 Å². The summed E-state index contributed by atoms with van der Waals surface area (Å²) in [6.45, 7) is 1.21. The number of aliphatic hydroxyl groups is 1. The van der Waals surface area contributed by atoms with Gasteiger partial charge in [0.2, 0.25) is 0 Å². The summed E-state index contributed by atoms with van der Waals surface area (Å²) < 4.78 is 24.5. The molecule has 1 aromatic rings. The van der Waals surface area contributed by atoms with Crippen molar-refractivity contribution in [3.05, 3.63) is 28.0 Å². The summed E-state index contributed by atoms with van der Waals surface area (Å²) in [6, 6.07) is 1.41. The Kier molecular flexibility index (Phi) is 3.17. The molecule has 1 heterocycles. The minimum atomic E-state index is -2.63. The lowest BCUT2D eigenvalue weighted by Crippen LogP contribution is -1.98. The molecule has 0 atom stereocenters. The molecule has 0 aliphatic heterocycles. The van der Waals surface area contributed by atoms with E-state index in [1.807, 2.05) is 0 Å². The van der Waals surface area contributed by atoms with Crippen LogP contribution in [0.4, 0.5) is 8.78 Å². The van der Waals surface area contributed by atoms with Crippen molar-refractivity contribution in [3.8, 4) is 0 Å². The van der Waals surface area contributed by atoms with Gasteiger partial charge in [0, 0.05) is 5.56 Å². The highest BCUT2D eigenvalue weighted by Gasteiger charge is 2.14. The van der Waals surface area contributed by atoms with E-state index in [-0.39, 0.29) is 17.5 Å². The number of hydrogen-bond acceptors (Lipinski definition) is 2. The molecule has 1 aromatic heterocycles. The average Bonchev–Trinajstić information content (AvgIpc) is 2.07. The van der Waals surface area contributed by atoms with Gasteiger partial charge in [-0.1, -0.05) is 11.6 Å². The molecule has 0 aliphatic rings. The second-order valence-corrected chi connectivity index (χ2v) is 2.96. The van der Waals surface area contributed by atoms with Crippen LogP contribution in [-0.4, -0.2) is 10.1 Å². The van der Waals surface area contributed by atoms with Crippen LogP contribution < -0.4 is 0 Å². The minimum Gasteiger partial charge on any atom is -0.392 e. The fourth-order valence-corrected chi connectivity index (χ4v) is 1.20. The zero-order valence-corrected chi connectivity index (χ0v) is 7.65. The summed E-state index contributed by atoms with van der Waals surface area (Å²) in [5.74, 6) is 0. The lowest BCUT2D eigenvalue weighted by molar-refractivity contribution is 0.145. The normalized spacial score (nSPS) is 10.9. The largest absolute Gasteiger partial charge is 0.392 e. The molecule has 0 spiro atoms. The number of alkyl halides is 2. The monoisotopic (exact) mass is 207 g/mol.